The molecule has 1 N–H and O–H groups in total. The SMILES string of the molecule is Cc1ccc(F)c(-c2ccc(COc3ccc4c(c3)[C@@]3(CCC4)C[C@@]3(C)C(=O)O)cc2C2=CCCC2(C)C)c1. The molecule has 0 radical (unpaired) electrons. The maximum absolute atomic E-state index is 15.0. The van der Waals surface area contributed by atoms with E-state index in [1.807, 2.05) is 44.2 Å². The van der Waals surface area contributed by atoms with E-state index in [2.05, 4.69) is 38.1 Å². The molecule has 4 heteroatoms. The van der Waals surface area contributed by atoms with Crippen LogP contribution in [0.3, 0.4) is 0 Å². The summed E-state index contributed by atoms with van der Waals surface area (Å²) in [7, 11) is 0. The van der Waals surface area contributed by atoms with Crippen LogP contribution in [0.4, 0.5) is 4.39 Å². The summed E-state index contributed by atoms with van der Waals surface area (Å²) >= 11 is 0. The van der Waals surface area contributed by atoms with Crippen LogP contribution >= 0.6 is 0 Å². The molecular formula is C35H37FO3. The number of fused-ring (bicyclic) bond motifs is 2. The lowest BCUT2D eigenvalue weighted by atomic mass is 9.75. The summed E-state index contributed by atoms with van der Waals surface area (Å²) in [5.74, 6) is -0.146. The zero-order valence-electron chi connectivity index (χ0n) is 23.4. The summed E-state index contributed by atoms with van der Waals surface area (Å²) in [5.41, 5.74) is 7.38. The molecule has 202 valence electrons. The summed E-state index contributed by atoms with van der Waals surface area (Å²) in [6, 6.07) is 17.7. The Morgan fingerprint density at radius 3 is 2.51 bits per heavy atom. The van der Waals surface area contributed by atoms with Crippen molar-refractivity contribution in [3.8, 4) is 16.9 Å². The van der Waals surface area contributed by atoms with E-state index in [9.17, 15) is 9.90 Å². The van der Waals surface area contributed by atoms with E-state index in [-0.39, 0.29) is 16.6 Å². The largest absolute Gasteiger partial charge is 0.489 e. The van der Waals surface area contributed by atoms with Gasteiger partial charge in [-0.25, -0.2) is 4.39 Å². The van der Waals surface area contributed by atoms with E-state index in [1.54, 1.807) is 6.07 Å². The first-order valence-electron chi connectivity index (χ1n) is 14.1. The smallest absolute Gasteiger partial charge is 0.310 e. The fourth-order valence-electron chi connectivity index (χ4n) is 7.23. The molecule has 1 fully saturated rings. The number of allylic oxidation sites excluding steroid dienone is 2. The number of carboxylic acid groups (broad SMARTS) is 1. The molecule has 3 aromatic rings. The van der Waals surface area contributed by atoms with Gasteiger partial charge in [-0.15, -0.1) is 0 Å². The predicted octanol–water partition coefficient (Wildman–Crippen LogP) is 8.65. The highest BCUT2D eigenvalue weighted by Gasteiger charge is 2.70. The topological polar surface area (TPSA) is 46.5 Å². The lowest BCUT2D eigenvalue weighted by molar-refractivity contribution is -0.143. The Labute approximate surface area is 230 Å². The van der Waals surface area contributed by atoms with Gasteiger partial charge in [0.2, 0.25) is 0 Å². The molecule has 3 aliphatic rings. The number of aryl methyl sites for hydroxylation is 2. The molecule has 0 unspecified atom stereocenters. The molecule has 3 aliphatic carbocycles. The summed E-state index contributed by atoms with van der Waals surface area (Å²) < 4.78 is 21.3. The van der Waals surface area contributed by atoms with E-state index in [4.69, 9.17) is 4.74 Å². The van der Waals surface area contributed by atoms with Crippen LogP contribution < -0.4 is 4.74 Å². The Kier molecular flexibility index (Phi) is 6.02. The molecular weight excluding hydrogens is 487 g/mol. The third-order valence-corrected chi connectivity index (χ3v) is 9.74. The first-order valence-corrected chi connectivity index (χ1v) is 14.1. The third kappa shape index (κ3) is 4.20. The first kappa shape index (κ1) is 25.9. The number of carboxylic acids is 1. The fourth-order valence-corrected chi connectivity index (χ4v) is 7.23. The molecule has 1 spiro atoms. The lowest BCUT2D eigenvalue weighted by Gasteiger charge is -2.29. The monoisotopic (exact) mass is 524 g/mol. The van der Waals surface area contributed by atoms with Crippen LogP contribution in [0.25, 0.3) is 16.7 Å². The summed E-state index contributed by atoms with van der Waals surface area (Å²) in [4.78, 5) is 12.1. The second kappa shape index (κ2) is 9.08. The second-order valence-electron chi connectivity index (χ2n) is 12.8. The predicted molar refractivity (Wildman–Crippen MR) is 153 cm³/mol. The molecule has 0 bridgehead atoms. The van der Waals surface area contributed by atoms with Gasteiger partial charge in [-0.1, -0.05) is 49.8 Å². The molecule has 39 heavy (non-hydrogen) atoms. The first-order chi connectivity index (χ1) is 18.5. The number of halogens is 1. The molecule has 0 heterocycles. The van der Waals surface area contributed by atoms with Crippen LogP contribution in [0.1, 0.15) is 80.7 Å². The molecule has 1 saturated carbocycles. The number of benzene rings is 3. The number of rotatable bonds is 6. The zero-order valence-corrected chi connectivity index (χ0v) is 23.4. The van der Waals surface area contributed by atoms with Crippen molar-refractivity contribution in [1.29, 1.82) is 0 Å². The molecule has 2 atom stereocenters. The second-order valence-corrected chi connectivity index (χ2v) is 12.8. The Morgan fingerprint density at radius 1 is 0.974 bits per heavy atom. The summed E-state index contributed by atoms with van der Waals surface area (Å²) in [6.45, 7) is 8.79. The van der Waals surface area contributed by atoms with E-state index in [1.165, 1.54) is 11.1 Å². The van der Waals surface area contributed by atoms with Gasteiger partial charge < -0.3 is 9.84 Å². The normalized spacial score (nSPS) is 24.8. The molecule has 0 saturated heterocycles. The molecule has 3 nitrogen and oxygen atoms in total. The molecule has 6 rings (SSSR count). The van der Waals surface area contributed by atoms with Crippen molar-refractivity contribution in [3.63, 3.8) is 0 Å². The van der Waals surface area contributed by atoms with Crippen molar-refractivity contribution >= 4 is 11.5 Å². The minimum atomic E-state index is -0.705. The van der Waals surface area contributed by atoms with E-state index >= 15 is 4.39 Å². The Hall–Kier alpha value is -3.40. The molecule has 0 amide bonds. The van der Waals surface area contributed by atoms with Gasteiger partial charge in [0.25, 0.3) is 0 Å². The number of ether oxygens (including phenoxy) is 1. The van der Waals surface area contributed by atoms with E-state index < -0.39 is 11.4 Å². The number of carbonyl (C=O) groups is 1. The molecule has 0 aromatic heterocycles. The Bertz CT molecular complexity index is 1520. The van der Waals surface area contributed by atoms with Crippen LogP contribution in [0.15, 0.2) is 60.7 Å². The van der Waals surface area contributed by atoms with Crippen molar-refractivity contribution < 1.29 is 19.0 Å². The summed E-state index contributed by atoms with van der Waals surface area (Å²) in [6.07, 6.45) is 8.01. The van der Waals surface area contributed by atoms with Crippen LogP contribution in [0, 0.1) is 23.6 Å². The van der Waals surface area contributed by atoms with Gasteiger partial charge in [0.15, 0.2) is 0 Å². The zero-order chi connectivity index (χ0) is 27.6. The molecule has 3 aromatic carbocycles. The third-order valence-electron chi connectivity index (χ3n) is 9.74. The number of hydrogen-bond donors (Lipinski definition) is 1. The van der Waals surface area contributed by atoms with Crippen LogP contribution in [-0.4, -0.2) is 11.1 Å². The maximum atomic E-state index is 15.0. The van der Waals surface area contributed by atoms with Crippen molar-refractivity contribution in [3.05, 3.63) is 94.3 Å². The number of hydrogen-bond acceptors (Lipinski definition) is 2. The van der Waals surface area contributed by atoms with Crippen LogP contribution in [-0.2, 0) is 23.2 Å². The van der Waals surface area contributed by atoms with Gasteiger partial charge in [0.1, 0.15) is 18.2 Å². The number of aliphatic carboxylic acids is 1. The van der Waals surface area contributed by atoms with Gasteiger partial charge in [-0.3, -0.25) is 4.79 Å². The van der Waals surface area contributed by atoms with Crippen molar-refractivity contribution in [2.45, 2.75) is 78.2 Å². The minimum Gasteiger partial charge on any atom is -0.489 e. The highest BCUT2D eigenvalue weighted by Crippen LogP contribution is 2.69. The van der Waals surface area contributed by atoms with Gasteiger partial charge >= 0.3 is 5.97 Å². The van der Waals surface area contributed by atoms with Crippen molar-refractivity contribution in [2.75, 3.05) is 0 Å². The average Bonchev–Trinajstić information content (AvgIpc) is 3.35. The van der Waals surface area contributed by atoms with Crippen molar-refractivity contribution in [2.24, 2.45) is 10.8 Å². The highest BCUT2D eigenvalue weighted by molar-refractivity contribution is 5.85. The minimum absolute atomic E-state index is 0.0163. The van der Waals surface area contributed by atoms with Gasteiger partial charge in [0, 0.05) is 11.0 Å². The van der Waals surface area contributed by atoms with Crippen molar-refractivity contribution in [1.82, 2.24) is 0 Å². The average molecular weight is 525 g/mol. The Balaban J connectivity index is 1.32. The quantitative estimate of drug-likeness (QED) is 0.351. The van der Waals surface area contributed by atoms with Gasteiger partial charge in [0.05, 0.1) is 5.41 Å². The standard InChI is InChI=1S/C35H37FO3/c1-22-9-14-31(36)28(17-22)26-13-10-23(18-27(26)29-8-6-15-33(29,2)3)20-39-25-12-11-24-7-5-16-35(30(24)19-25)21-34(35,4)32(37)38/h8-14,17-19H,5-7,15-16,20-21H2,1-4H3,(H,37,38)/t34-,35+/m0/s1. The van der Waals surface area contributed by atoms with Gasteiger partial charge in [-0.05, 0) is 122 Å². The maximum Gasteiger partial charge on any atom is 0.310 e. The van der Waals surface area contributed by atoms with Crippen LogP contribution in [0.5, 0.6) is 5.75 Å². The molecule has 0 aliphatic heterocycles. The fraction of sp³-hybridized carbons (Fsp3) is 0.400. The van der Waals surface area contributed by atoms with Crippen LogP contribution in [0.2, 0.25) is 0 Å². The lowest BCUT2D eigenvalue weighted by Crippen LogP contribution is -2.27. The highest BCUT2D eigenvalue weighted by atomic mass is 19.1. The van der Waals surface area contributed by atoms with Gasteiger partial charge in [-0.2, -0.15) is 0 Å². The van der Waals surface area contributed by atoms with E-state index in [0.717, 1.165) is 65.7 Å². The van der Waals surface area contributed by atoms with E-state index in [0.29, 0.717) is 18.6 Å². The Morgan fingerprint density at radius 2 is 1.79 bits per heavy atom. The summed E-state index contributed by atoms with van der Waals surface area (Å²) in [5, 5.41) is 9.91.